The van der Waals surface area contributed by atoms with Crippen molar-refractivity contribution >= 4 is 24.0 Å². The van der Waals surface area contributed by atoms with E-state index >= 15 is 0 Å². The molecular weight excluding hydrogens is 218 g/mol. The van der Waals surface area contributed by atoms with Gasteiger partial charge in [0.1, 0.15) is 0 Å². The molecule has 0 unspecified atom stereocenters. The smallest absolute Gasteiger partial charge is 0.152 e. The van der Waals surface area contributed by atoms with E-state index in [1.807, 2.05) is 11.9 Å². The summed E-state index contributed by atoms with van der Waals surface area (Å²) in [5.74, 6) is 0. The van der Waals surface area contributed by atoms with Crippen molar-refractivity contribution in [2.75, 3.05) is 33.0 Å². The maximum Gasteiger partial charge on any atom is 0.152 e. The van der Waals surface area contributed by atoms with Crippen LogP contribution in [0.3, 0.4) is 0 Å². The number of rotatable bonds is 6. The highest BCUT2D eigenvalue weighted by Crippen LogP contribution is 2.19. The van der Waals surface area contributed by atoms with Gasteiger partial charge >= 0.3 is 0 Å². The summed E-state index contributed by atoms with van der Waals surface area (Å²) in [6.45, 7) is 1.37. The maximum absolute atomic E-state index is 10.8. The van der Waals surface area contributed by atoms with Crippen LogP contribution >= 0.6 is 0 Å². The van der Waals surface area contributed by atoms with Gasteiger partial charge in [0.25, 0.3) is 0 Å². The summed E-state index contributed by atoms with van der Waals surface area (Å²) in [7, 11) is 3.54. The Morgan fingerprint density at radius 3 is 2.94 bits per heavy atom. The highest BCUT2D eigenvalue weighted by molar-refractivity contribution is 5.85. The fraction of sp³-hybridized carbons (Fsp3) is 0.333. The van der Waals surface area contributed by atoms with Crippen LogP contribution in [0.1, 0.15) is 10.4 Å². The molecule has 0 saturated heterocycles. The van der Waals surface area contributed by atoms with E-state index in [2.05, 4.69) is 4.99 Å². The van der Waals surface area contributed by atoms with Gasteiger partial charge in [0.2, 0.25) is 0 Å². The monoisotopic (exact) mass is 235 g/mol. The zero-order chi connectivity index (χ0) is 12.7. The zero-order valence-electron chi connectivity index (χ0n) is 10.1. The van der Waals surface area contributed by atoms with E-state index in [1.54, 1.807) is 31.6 Å². The lowest BCUT2D eigenvalue weighted by Crippen LogP contribution is -2.20. The molecule has 5 heteroatoms. The number of hydrogen-bond donors (Lipinski definition) is 1. The van der Waals surface area contributed by atoms with Crippen molar-refractivity contribution in [1.29, 1.82) is 0 Å². The summed E-state index contributed by atoms with van der Waals surface area (Å²) in [6.07, 6.45) is 2.41. The summed E-state index contributed by atoms with van der Waals surface area (Å²) in [6, 6.07) is 5.05. The first-order valence-electron chi connectivity index (χ1n) is 5.25. The van der Waals surface area contributed by atoms with E-state index in [0.717, 1.165) is 12.8 Å². The number of benzene rings is 1. The predicted octanol–water partition coefficient (Wildman–Crippen LogP) is 1.32. The minimum atomic E-state index is 0.487. The van der Waals surface area contributed by atoms with Crippen LogP contribution < -0.4 is 5.73 Å². The molecule has 0 saturated carbocycles. The fourth-order valence-electron chi connectivity index (χ4n) is 1.24. The number of ether oxygens (including phenoxy) is 1. The quantitative estimate of drug-likeness (QED) is 0.349. The number of hydrogen-bond acceptors (Lipinski definition) is 4. The molecule has 1 rings (SSSR count). The summed E-state index contributed by atoms with van der Waals surface area (Å²) < 4.78 is 4.95. The molecule has 0 atom stereocenters. The van der Waals surface area contributed by atoms with Gasteiger partial charge in [-0.1, -0.05) is 0 Å². The van der Waals surface area contributed by atoms with E-state index in [9.17, 15) is 4.79 Å². The molecule has 5 nitrogen and oxygen atoms in total. The molecule has 0 spiro atoms. The standard InChI is InChI=1S/C12H17N3O2/c1-15(5-6-17-2)9-14-12-4-3-11(13)7-10(12)8-16/h3-4,7-9H,5-6,13H2,1-2H3. The molecular formula is C12H17N3O2. The number of aldehydes is 1. The first kappa shape index (κ1) is 13.2. The number of anilines is 1. The molecule has 0 aliphatic rings. The molecule has 0 heterocycles. The van der Waals surface area contributed by atoms with E-state index in [0.29, 0.717) is 23.5 Å². The van der Waals surface area contributed by atoms with Crippen LogP contribution in [0.4, 0.5) is 11.4 Å². The Hall–Kier alpha value is -1.88. The fourth-order valence-corrected chi connectivity index (χ4v) is 1.24. The van der Waals surface area contributed by atoms with E-state index in [4.69, 9.17) is 10.5 Å². The Bertz CT molecular complexity index is 405. The summed E-state index contributed by atoms with van der Waals surface area (Å²) in [5.41, 5.74) is 7.24. The minimum Gasteiger partial charge on any atom is -0.399 e. The van der Waals surface area contributed by atoms with Crippen molar-refractivity contribution in [3.8, 4) is 0 Å². The van der Waals surface area contributed by atoms with Gasteiger partial charge in [-0.3, -0.25) is 4.79 Å². The normalized spacial score (nSPS) is 10.7. The van der Waals surface area contributed by atoms with Crippen molar-refractivity contribution in [2.45, 2.75) is 0 Å². The number of methoxy groups -OCH3 is 1. The number of nitrogens with two attached hydrogens (primary N) is 1. The summed E-state index contributed by atoms with van der Waals surface area (Å²) in [5, 5.41) is 0. The van der Waals surface area contributed by atoms with Gasteiger partial charge in [-0.05, 0) is 18.2 Å². The number of nitrogen functional groups attached to an aromatic ring is 1. The van der Waals surface area contributed by atoms with E-state index in [1.165, 1.54) is 0 Å². The second-order valence-corrected chi connectivity index (χ2v) is 3.65. The van der Waals surface area contributed by atoms with Crippen LogP contribution in [0, 0.1) is 0 Å². The third-order valence-corrected chi connectivity index (χ3v) is 2.22. The second-order valence-electron chi connectivity index (χ2n) is 3.65. The maximum atomic E-state index is 10.8. The first-order valence-corrected chi connectivity index (χ1v) is 5.25. The van der Waals surface area contributed by atoms with E-state index in [-0.39, 0.29) is 0 Å². The zero-order valence-corrected chi connectivity index (χ0v) is 10.1. The van der Waals surface area contributed by atoms with Gasteiger partial charge in [-0.15, -0.1) is 0 Å². The van der Waals surface area contributed by atoms with Gasteiger partial charge in [-0.2, -0.15) is 0 Å². The molecule has 92 valence electrons. The molecule has 0 radical (unpaired) electrons. The highest BCUT2D eigenvalue weighted by Gasteiger charge is 2.00. The molecule has 0 aliphatic heterocycles. The molecule has 0 bridgehead atoms. The van der Waals surface area contributed by atoms with Gasteiger partial charge in [0.05, 0.1) is 18.6 Å². The Balaban J connectivity index is 2.73. The lowest BCUT2D eigenvalue weighted by atomic mass is 10.2. The molecule has 17 heavy (non-hydrogen) atoms. The number of aliphatic imine (C=N–C) groups is 1. The average Bonchev–Trinajstić information content (AvgIpc) is 2.34. The molecule has 0 aliphatic carbocycles. The Morgan fingerprint density at radius 2 is 2.29 bits per heavy atom. The van der Waals surface area contributed by atoms with Crippen molar-refractivity contribution in [3.05, 3.63) is 23.8 Å². The third kappa shape index (κ3) is 4.24. The molecule has 0 aromatic heterocycles. The van der Waals surface area contributed by atoms with Crippen molar-refractivity contribution in [3.63, 3.8) is 0 Å². The summed E-state index contributed by atoms with van der Waals surface area (Å²) >= 11 is 0. The number of carbonyl (C=O) groups excluding carboxylic acids is 1. The molecule has 1 aromatic rings. The topological polar surface area (TPSA) is 67.9 Å². The lowest BCUT2D eigenvalue weighted by Gasteiger charge is -2.11. The third-order valence-electron chi connectivity index (χ3n) is 2.22. The molecule has 0 fully saturated rings. The SMILES string of the molecule is COCCN(C)C=Nc1ccc(N)cc1C=O. The summed E-state index contributed by atoms with van der Waals surface area (Å²) in [4.78, 5) is 16.9. The van der Waals surface area contributed by atoms with Crippen LogP contribution in [0.15, 0.2) is 23.2 Å². The van der Waals surface area contributed by atoms with Crippen LogP contribution in [0.25, 0.3) is 0 Å². The van der Waals surface area contributed by atoms with Gasteiger partial charge in [-0.25, -0.2) is 4.99 Å². The van der Waals surface area contributed by atoms with Crippen LogP contribution in [0.2, 0.25) is 0 Å². The van der Waals surface area contributed by atoms with Crippen molar-refractivity contribution in [2.24, 2.45) is 4.99 Å². The lowest BCUT2D eigenvalue weighted by molar-refractivity contribution is 0.112. The van der Waals surface area contributed by atoms with Gasteiger partial charge in [0.15, 0.2) is 6.29 Å². The number of likely N-dealkylation sites (N-methyl/N-ethyl adjacent to an activating group) is 1. The highest BCUT2D eigenvalue weighted by atomic mass is 16.5. The second kappa shape index (κ2) is 6.65. The largest absolute Gasteiger partial charge is 0.399 e. The van der Waals surface area contributed by atoms with E-state index < -0.39 is 0 Å². The Labute approximate surface area is 101 Å². The first-order chi connectivity index (χ1) is 8.17. The Morgan fingerprint density at radius 1 is 1.53 bits per heavy atom. The van der Waals surface area contributed by atoms with Gasteiger partial charge < -0.3 is 15.4 Å². The Kier molecular flexibility index (Phi) is 5.16. The molecule has 0 amide bonds. The van der Waals surface area contributed by atoms with Crippen molar-refractivity contribution < 1.29 is 9.53 Å². The van der Waals surface area contributed by atoms with Crippen molar-refractivity contribution in [1.82, 2.24) is 4.90 Å². The minimum absolute atomic E-state index is 0.487. The van der Waals surface area contributed by atoms with Gasteiger partial charge in [0, 0.05) is 32.0 Å². The number of nitrogens with zero attached hydrogens (tertiary/aromatic N) is 2. The number of carbonyl (C=O) groups is 1. The van der Waals surface area contributed by atoms with Crippen LogP contribution in [-0.4, -0.2) is 44.8 Å². The average molecular weight is 235 g/mol. The predicted molar refractivity (Wildman–Crippen MR) is 68.9 cm³/mol. The van der Waals surface area contributed by atoms with Crippen LogP contribution in [-0.2, 0) is 4.74 Å². The van der Waals surface area contributed by atoms with Crippen LogP contribution in [0.5, 0.6) is 0 Å². The molecule has 2 N–H and O–H groups in total. The molecule has 1 aromatic carbocycles.